The van der Waals surface area contributed by atoms with E-state index in [4.69, 9.17) is 4.74 Å². The number of ketones is 1. The molecule has 1 fully saturated rings. The lowest BCUT2D eigenvalue weighted by atomic mass is 9.87. The van der Waals surface area contributed by atoms with Gasteiger partial charge >= 0.3 is 5.97 Å². The first kappa shape index (κ1) is 16.1. The lowest BCUT2D eigenvalue weighted by Gasteiger charge is -2.34. The van der Waals surface area contributed by atoms with Crippen LogP contribution in [0.4, 0.5) is 0 Å². The normalized spacial score (nSPS) is 18.3. The Morgan fingerprint density at radius 2 is 1.58 bits per heavy atom. The molecule has 0 aromatic carbocycles. The van der Waals surface area contributed by atoms with Crippen LogP contribution in [0.2, 0.25) is 0 Å². The lowest BCUT2D eigenvalue weighted by Crippen LogP contribution is -2.50. The van der Waals surface area contributed by atoms with Crippen LogP contribution >= 0.6 is 0 Å². The molecule has 5 nitrogen and oxygen atoms in total. The summed E-state index contributed by atoms with van der Waals surface area (Å²) in [6, 6.07) is 0. The molecule has 0 spiro atoms. The molecule has 1 saturated heterocycles. The van der Waals surface area contributed by atoms with Gasteiger partial charge in [0.15, 0.2) is 5.78 Å². The third-order valence-electron chi connectivity index (χ3n) is 3.76. The largest absolute Gasteiger partial charge is 0.465 e. The Hall–Kier alpha value is -0.940. The number of piperazine rings is 1. The summed E-state index contributed by atoms with van der Waals surface area (Å²) < 4.78 is 4.96. The van der Waals surface area contributed by atoms with Crippen molar-refractivity contribution < 1.29 is 14.3 Å². The van der Waals surface area contributed by atoms with Gasteiger partial charge in [0.05, 0.1) is 13.2 Å². The highest BCUT2D eigenvalue weighted by molar-refractivity contribution is 6.03. The molecule has 0 aromatic heterocycles. The topological polar surface area (TPSA) is 49.9 Å². The number of rotatable bonds is 6. The number of likely N-dealkylation sites (N-methyl/N-ethyl adjacent to an activating group) is 1. The summed E-state index contributed by atoms with van der Waals surface area (Å²) in [5.74, 6) is -0.483. The van der Waals surface area contributed by atoms with Gasteiger partial charge in [-0.1, -0.05) is 6.92 Å². The van der Waals surface area contributed by atoms with Crippen LogP contribution in [-0.2, 0) is 14.3 Å². The van der Waals surface area contributed by atoms with Gasteiger partial charge in [-0.15, -0.1) is 0 Å². The van der Waals surface area contributed by atoms with E-state index in [1.54, 1.807) is 20.8 Å². The summed E-state index contributed by atoms with van der Waals surface area (Å²) in [5.41, 5.74) is -1.04. The first-order chi connectivity index (χ1) is 8.91. The summed E-state index contributed by atoms with van der Waals surface area (Å²) in [6.07, 6.45) is 0. The average molecular weight is 270 g/mol. The smallest absolute Gasteiger partial charge is 0.319 e. The number of esters is 1. The molecule has 1 aliphatic heterocycles. The van der Waals surface area contributed by atoms with Gasteiger partial charge in [0.2, 0.25) is 0 Å². The molecule has 0 N–H and O–H groups in total. The zero-order valence-electron chi connectivity index (χ0n) is 12.6. The van der Waals surface area contributed by atoms with E-state index in [1.807, 2.05) is 0 Å². The number of hydrogen-bond donors (Lipinski definition) is 0. The van der Waals surface area contributed by atoms with Crippen LogP contribution in [0.5, 0.6) is 0 Å². The SMILES string of the molecule is CCOC(=O)C(C)(C)C(=O)CN1CCN(CC)CC1. The van der Waals surface area contributed by atoms with E-state index in [0.29, 0.717) is 13.2 Å². The molecule has 0 atom stereocenters. The predicted octanol–water partition coefficient (Wildman–Crippen LogP) is 0.782. The first-order valence-corrected chi connectivity index (χ1v) is 7.07. The zero-order chi connectivity index (χ0) is 14.5. The van der Waals surface area contributed by atoms with Crippen molar-refractivity contribution in [1.82, 2.24) is 9.80 Å². The second-order valence-electron chi connectivity index (χ2n) is 5.48. The van der Waals surface area contributed by atoms with Crippen LogP contribution in [0.15, 0.2) is 0 Å². The molecule has 0 radical (unpaired) electrons. The van der Waals surface area contributed by atoms with Crippen molar-refractivity contribution in [3.05, 3.63) is 0 Å². The molecule has 0 saturated carbocycles. The van der Waals surface area contributed by atoms with Gasteiger partial charge in [0.1, 0.15) is 5.41 Å². The van der Waals surface area contributed by atoms with Gasteiger partial charge in [-0.2, -0.15) is 0 Å². The quantitative estimate of drug-likeness (QED) is 0.527. The van der Waals surface area contributed by atoms with Crippen LogP contribution in [0.25, 0.3) is 0 Å². The van der Waals surface area contributed by atoms with E-state index < -0.39 is 11.4 Å². The number of carbonyl (C=O) groups excluding carboxylic acids is 2. The van der Waals surface area contributed by atoms with E-state index in [-0.39, 0.29) is 5.78 Å². The van der Waals surface area contributed by atoms with E-state index in [1.165, 1.54) is 0 Å². The van der Waals surface area contributed by atoms with Crippen LogP contribution < -0.4 is 0 Å². The van der Waals surface area contributed by atoms with E-state index in [0.717, 1.165) is 32.7 Å². The van der Waals surface area contributed by atoms with Crippen molar-refractivity contribution in [2.24, 2.45) is 5.41 Å². The third-order valence-corrected chi connectivity index (χ3v) is 3.76. The van der Waals surface area contributed by atoms with Gasteiger partial charge in [0.25, 0.3) is 0 Å². The minimum atomic E-state index is -1.04. The molecule has 0 aromatic rings. The fourth-order valence-corrected chi connectivity index (χ4v) is 2.09. The fourth-order valence-electron chi connectivity index (χ4n) is 2.09. The summed E-state index contributed by atoms with van der Waals surface area (Å²) in [7, 11) is 0. The average Bonchev–Trinajstić information content (AvgIpc) is 2.39. The van der Waals surface area contributed by atoms with Crippen molar-refractivity contribution >= 4 is 11.8 Å². The minimum absolute atomic E-state index is 0.0594. The molecule has 0 bridgehead atoms. The van der Waals surface area contributed by atoms with Crippen molar-refractivity contribution in [2.45, 2.75) is 27.7 Å². The molecule has 0 unspecified atom stereocenters. The van der Waals surface area contributed by atoms with Crippen molar-refractivity contribution in [2.75, 3.05) is 45.9 Å². The highest BCUT2D eigenvalue weighted by atomic mass is 16.5. The minimum Gasteiger partial charge on any atom is -0.465 e. The molecule has 5 heteroatoms. The van der Waals surface area contributed by atoms with E-state index >= 15 is 0 Å². The van der Waals surface area contributed by atoms with Crippen LogP contribution in [0, 0.1) is 5.41 Å². The monoisotopic (exact) mass is 270 g/mol. The van der Waals surface area contributed by atoms with Gasteiger partial charge in [-0.3, -0.25) is 14.5 Å². The molecule has 19 heavy (non-hydrogen) atoms. The summed E-state index contributed by atoms with van der Waals surface area (Å²) in [6.45, 7) is 12.6. The molecular formula is C14H26N2O3. The van der Waals surface area contributed by atoms with Crippen LogP contribution in [0.1, 0.15) is 27.7 Å². The van der Waals surface area contributed by atoms with Crippen molar-refractivity contribution in [3.8, 4) is 0 Å². The number of nitrogens with zero attached hydrogens (tertiary/aromatic N) is 2. The summed E-state index contributed by atoms with van der Waals surface area (Å²) in [4.78, 5) is 28.5. The molecule has 0 amide bonds. The number of carbonyl (C=O) groups is 2. The highest BCUT2D eigenvalue weighted by Crippen LogP contribution is 2.20. The van der Waals surface area contributed by atoms with Crippen molar-refractivity contribution in [1.29, 1.82) is 0 Å². The Kier molecular flexibility index (Phi) is 5.94. The maximum atomic E-state index is 12.2. The number of hydrogen-bond acceptors (Lipinski definition) is 5. The second kappa shape index (κ2) is 7.01. The molecule has 0 aliphatic carbocycles. The number of ether oxygens (including phenoxy) is 1. The molecule has 110 valence electrons. The Balaban J connectivity index is 2.48. The van der Waals surface area contributed by atoms with Crippen molar-refractivity contribution in [3.63, 3.8) is 0 Å². The van der Waals surface area contributed by atoms with Gasteiger partial charge in [-0.25, -0.2) is 0 Å². The van der Waals surface area contributed by atoms with Crippen LogP contribution in [-0.4, -0.2) is 67.4 Å². The maximum absolute atomic E-state index is 12.2. The van der Waals surface area contributed by atoms with Gasteiger partial charge < -0.3 is 9.64 Å². The highest BCUT2D eigenvalue weighted by Gasteiger charge is 2.38. The first-order valence-electron chi connectivity index (χ1n) is 7.07. The number of Topliss-reactive ketones (excluding diaryl/α,β-unsaturated/α-hetero) is 1. The lowest BCUT2D eigenvalue weighted by molar-refractivity contribution is -0.158. The molecular weight excluding hydrogens is 244 g/mol. The second-order valence-corrected chi connectivity index (χ2v) is 5.48. The Morgan fingerprint density at radius 3 is 2.05 bits per heavy atom. The Bertz CT molecular complexity index is 321. The van der Waals surface area contributed by atoms with Gasteiger partial charge in [-0.05, 0) is 27.3 Å². The van der Waals surface area contributed by atoms with Gasteiger partial charge in [0, 0.05) is 26.2 Å². The molecule has 1 rings (SSSR count). The predicted molar refractivity (Wildman–Crippen MR) is 74.0 cm³/mol. The zero-order valence-corrected chi connectivity index (χ0v) is 12.6. The van der Waals surface area contributed by atoms with E-state index in [9.17, 15) is 9.59 Å². The van der Waals surface area contributed by atoms with E-state index in [2.05, 4.69) is 16.7 Å². The maximum Gasteiger partial charge on any atom is 0.319 e. The standard InChI is InChI=1S/C14H26N2O3/c1-5-15-7-9-16(10-8-15)11-12(17)14(3,4)13(18)19-6-2/h5-11H2,1-4H3. The molecule has 1 aliphatic rings. The van der Waals surface area contributed by atoms with Crippen LogP contribution in [0.3, 0.4) is 0 Å². The summed E-state index contributed by atoms with van der Waals surface area (Å²) in [5, 5.41) is 0. The Morgan fingerprint density at radius 1 is 1.05 bits per heavy atom. The fraction of sp³-hybridized carbons (Fsp3) is 0.857. The Labute approximate surface area is 115 Å². The molecule has 1 heterocycles. The summed E-state index contributed by atoms with van der Waals surface area (Å²) >= 11 is 0. The third kappa shape index (κ3) is 4.28.